The van der Waals surface area contributed by atoms with Crippen LogP contribution >= 0.6 is 0 Å². The number of hydrogen-bond donors (Lipinski definition) is 1. The van der Waals surface area contributed by atoms with Gasteiger partial charge >= 0.3 is 0 Å². The zero-order valence-corrected chi connectivity index (χ0v) is 17.8. The predicted molar refractivity (Wildman–Crippen MR) is 120 cm³/mol. The average molecular weight is 450 g/mol. The minimum absolute atomic E-state index is 0.0308. The van der Waals surface area contributed by atoms with Crippen LogP contribution in [0.4, 0.5) is 15.8 Å². The number of aromatic nitrogens is 2. The van der Waals surface area contributed by atoms with Gasteiger partial charge in [0.15, 0.2) is 5.82 Å². The average Bonchev–Trinajstić information content (AvgIpc) is 3.34. The molecule has 0 bridgehead atoms. The molecular weight excluding hydrogens is 431 g/mol. The molecule has 9 heteroatoms. The van der Waals surface area contributed by atoms with Crippen LogP contribution in [0.5, 0.6) is 0 Å². The maximum atomic E-state index is 14.4. The molecule has 0 spiro atoms. The molecule has 1 aromatic heterocycles. The first-order valence-electron chi connectivity index (χ1n) is 9.61. The number of rotatable bonds is 6. The summed E-state index contributed by atoms with van der Waals surface area (Å²) in [4.78, 5) is 12.7. The lowest BCUT2D eigenvalue weighted by molar-refractivity contribution is 0.102. The fourth-order valence-electron chi connectivity index (χ4n) is 3.12. The molecule has 0 fully saturated rings. The highest BCUT2D eigenvalue weighted by atomic mass is 32.2. The van der Waals surface area contributed by atoms with Crippen molar-refractivity contribution in [3.05, 3.63) is 103 Å². The minimum Gasteiger partial charge on any atom is -0.322 e. The van der Waals surface area contributed by atoms with E-state index in [0.29, 0.717) is 5.69 Å². The Hall–Kier alpha value is -3.98. The summed E-state index contributed by atoms with van der Waals surface area (Å²) < 4.78 is 43.0. The van der Waals surface area contributed by atoms with Crippen molar-refractivity contribution in [2.75, 3.05) is 16.7 Å². The van der Waals surface area contributed by atoms with Gasteiger partial charge in [0.1, 0.15) is 5.69 Å². The number of amides is 1. The molecule has 4 rings (SSSR count). The Bertz CT molecular complexity index is 1360. The molecule has 0 radical (unpaired) electrons. The van der Waals surface area contributed by atoms with E-state index in [1.807, 2.05) is 0 Å². The number of anilines is 2. The van der Waals surface area contributed by atoms with Crippen molar-refractivity contribution in [1.82, 2.24) is 9.78 Å². The molecule has 1 amide bonds. The van der Waals surface area contributed by atoms with Crippen molar-refractivity contribution in [2.45, 2.75) is 4.90 Å². The molecular formula is C23H19FN4O3S. The number of hydrogen-bond acceptors (Lipinski definition) is 4. The van der Waals surface area contributed by atoms with E-state index >= 15 is 0 Å². The molecule has 32 heavy (non-hydrogen) atoms. The Morgan fingerprint density at radius 3 is 2.47 bits per heavy atom. The Kier molecular flexibility index (Phi) is 5.74. The Morgan fingerprint density at radius 2 is 1.78 bits per heavy atom. The fourth-order valence-corrected chi connectivity index (χ4v) is 4.36. The summed E-state index contributed by atoms with van der Waals surface area (Å²) in [6.45, 7) is 0. The highest BCUT2D eigenvalue weighted by molar-refractivity contribution is 7.92. The van der Waals surface area contributed by atoms with E-state index in [9.17, 15) is 17.6 Å². The molecule has 0 aliphatic rings. The van der Waals surface area contributed by atoms with Crippen LogP contribution in [0, 0.1) is 5.82 Å². The van der Waals surface area contributed by atoms with Crippen LogP contribution in [0.3, 0.4) is 0 Å². The van der Waals surface area contributed by atoms with Gasteiger partial charge in [0.2, 0.25) is 0 Å². The molecule has 162 valence electrons. The second-order valence-electron chi connectivity index (χ2n) is 6.91. The van der Waals surface area contributed by atoms with Crippen LogP contribution in [0.15, 0.2) is 96.2 Å². The highest BCUT2D eigenvalue weighted by Crippen LogP contribution is 2.23. The topological polar surface area (TPSA) is 84.3 Å². The molecule has 3 aromatic carbocycles. The van der Waals surface area contributed by atoms with Crippen LogP contribution in [-0.2, 0) is 10.0 Å². The second-order valence-corrected chi connectivity index (χ2v) is 8.88. The SMILES string of the molecule is CN(c1ccccc1)S(=O)(=O)c1cccc(C(=O)Nc2ccc(-n3cccn3)c(F)c2)c1. The van der Waals surface area contributed by atoms with E-state index in [0.717, 1.165) is 4.31 Å². The Labute approximate surface area is 184 Å². The van der Waals surface area contributed by atoms with E-state index in [1.54, 1.807) is 48.7 Å². The van der Waals surface area contributed by atoms with Crippen LogP contribution < -0.4 is 9.62 Å². The van der Waals surface area contributed by atoms with Crippen molar-refractivity contribution in [1.29, 1.82) is 0 Å². The van der Waals surface area contributed by atoms with Gasteiger partial charge in [-0.3, -0.25) is 9.10 Å². The van der Waals surface area contributed by atoms with Crippen LogP contribution in [0.2, 0.25) is 0 Å². The quantitative estimate of drug-likeness (QED) is 0.480. The van der Waals surface area contributed by atoms with Crippen molar-refractivity contribution in [3.8, 4) is 5.69 Å². The van der Waals surface area contributed by atoms with Crippen molar-refractivity contribution in [2.24, 2.45) is 0 Å². The summed E-state index contributed by atoms with van der Waals surface area (Å²) in [5, 5.41) is 6.58. The van der Waals surface area contributed by atoms with Gasteiger partial charge in [0.05, 0.1) is 10.6 Å². The largest absolute Gasteiger partial charge is 0.322 e. The fraction of sp³-hybridized carbons (Fsp3) is 0.0435. The third-order valence-corrected chi connectivity index (χ3v) is 6.61. The van der Waals surface area contributed by atoms with Crippen LogP contribution in [0.25, 0.3) is 5.69 Å². The Morgan fingerprint density at radius 1 is 1.00 bits per heavy atom. The molecule has 0 aliphatic heterocycles. The van der Waals surface area contributed by atoms with Gasteiger partial charge in [0.25, 0.3) is 15.9 Å². The number of carbonyl (C=O) groups excluding carboxylic acids is 1. The number of carbonyl (C=O) groups is 1. The zero-order valence-electron chi connectivity index (χ0n) is 17.0. The number of nitrogens with zero attached hydrogens (tertiary/aromatic N) is 3. The molecule has 0 aliphatic carbocycles. The molecule has 4 aromatic rings. The Balaban J connectivity index is 1.56. The lowest BCUT2D eigenvalue weighted by Crippen LogP contribution is -2.26. The first-order chi connectivity index (χ1) is 15.4. The second kappa shape index (κ2) is 8.64. The highest BCUT2D eigenvalue weighted by Gasteiger charge is 2.22. The molecule has 0 saturated heterocycles. The summed E-state index contributed by atoms with van der Waals surface area (Å²) in [6.07, 6.45) is 3.14. The smallest absolute Gasteiger partial charge is 0.264 e. The van der Waals surface area contributed by atoms with E-state index in [1.165, 1.54) is 54.3 Å². The zero-order chi connectivity index (χ0) is 22.7. The number of sulfonamides is 1. The van der Waals surface area contributed by atoms with Gasteiger partial charge in [-0.2, -0.15) is 5.10 Å². The number of halogens is 1. The lowest BCUT2D eigenvalue weighted by atomic mass is 10.2. The predicted octanol–water partition coefficient (Wildman–Crippen LogP) is 4.09. The summed E-state index contributed by atoms with van der Waals surface area (Å²) >= 11 is 0. The van der Waals surface area contributed by atoms with Gasteiger partial charge in [-0.1, -0.05) is 24.3 Å². The van der Waals surface area contributed by atoms with Gasteiger partial charge in [-0.15, -0.1) is 0 Å². The molecule has 0 saturated carbocycles. The third kappa shape index (κ3) is 4.23. The van der Waals surface area contributed by atoms with E-state index < -0.39 is 21.7 Å². The number of benzene rings is 3. The van der Waals surface area contributed by atoms with Crippen molar-refractivity contribution in [3.63, 3.8) is 0 Å². The normalized spacial score (nSPS) is 11.2. The first-order valence-corrected chi connectivity index (χ1v) is 11.1. The van der Waals surface area contributed by atoms with Gasteiger partial charge < -0.3 is 5.32 Å². The maximum absolute atomic E-state index is 14.4. The molecule has 1 heterocycles. The molecule has 1 N–H and O–H groups in total. The van der Waals surface area contributed by atoms with E-state index in [4.69, 9.17) is 0 Å². The minimum atomic E-state index is -3.87. The van der Waals surface area contributed by atoms with Gasteiger partial charge in [0, 0.05) is 30.7 Å². The lowest BCUT2D eigenvalue weighted by Gasteiger charge is -2.19. The van der Waals surface area contributed by atoms with Crippen molar-refractivity contribution < 1.29 is 17.6 Å². The monoisotopic (exact) mass is 450 g/mol. The summed E-state index contributed by atoms with van der Waals surface area (Å²) in [6, 6.07) is 20.2. The van der Waals surface area contributed by atoms with Gasteiger partial charge in [-0.25, -0.2) is 17.5 Å². The standard InChI is InChI=1S/C23H19FN4O3S/c1-27(19-8-3-2-4-9-19)32(30,31)20-10-5-7-17(15-20)23(29)26-18-11-12-22(21(24)16-18)28-14-6-13-25-28/h2-16H,1H3,(H,26,29). The molecule has 0 atom stereocenters. The number of para-hydroxylation sites is 1. The van der Waals surface area contributed by atoms with Crippen LogP contribution in [0.1, 0.15) is 10.4 Å². The van der Waals surface area contributed by atoms with Crippen molar-refractivity contribution >= 4 is 27.3 Å². The van der Waals surface area contributed by atoms with E-state index in [2.05, 4.69) is 10.4 Å². The third-order valence-electron chi connectivity index (χ3n) is 4.83. The summed E-state index contributed by atoms with van der Waals surface area (Å²) in [7, 11) is -2.43. The molecule has 7 nitrogen and oxygen atoms in total. The number of nitrogens with one attached hydrogen (secondary N) is 1. The van der Waals surface area contributed by atoms with Crippen LogP contribution in [-0.4, -0.2) is 31.2 Å². The first kappa shape index (κ1) is 21.3. The molecule has 0 unspecified atom stereocenters. The summed E-state index contributed by atoms with van der Waals surface area (Å²) in [5.74, 6) is -1.12. The maximum Gasteiger partial charge on any atom is 0.264 e. The van der Waals surface area contributed by atoms with Gasteiger partial charge in [-0.05, 0) is 54.6 Å². The summed E-state index contributed by atoms with van der Waals surface area (Å²) in [5.41, 5.74) is 1.10. The van der Waals surface area contributed by atoms with E-state index in [-0.39, 0.29) is 21.8 Å².